The van der Waals surface area contributed by atoms with E-state index in [1.54, 1.807) is 23.0 Å². The van der Waals surface area contributed by atoms with Gasteiger partial charge in [-0.05, 0) is 50.3 Å². The summed E-state index contributed by atoms with van der Waals surface area (Å²) < 4.78 is 7.18. The van der Waals surface area contributed by atoms with E-state index in [2.05, 4.69) is 6.07 Å². The molecule has 28 heavy (non-hydrogen) atoms. The molecule has 0 spiro atoms. The quantitative estimate of drug-likeness (QED) is 0.454. The SMILES string of the molecule is COc1ccccc1-n1c(SC[C@@H](C)C#N)nc2sc3c(c2c1=O)CCCC3. The van der Waals surface area contributed by atoms with Crippen molar-refractivity contribution >= 4 is 33.3 Å². The monoisotopic (exact) mass is 411 g/mol. The second kappa shape index (κ2) is 7.98. The van der Waals surface area contributed by atoms with Crippen LogP contribution >= 0.6 is 23.1 Å². The number of fused-ring (bicyclic) bond motifs is 3. The molecule has 0 saturated heterocycles. The zero-order valence-electron chi connectivity index (χ0n) is 15.9. The molecule has 0 saturated carbocycles. The number of thioether (sulfide) groups is 1. The van der Waals surface area contributed by atoms with Crippen molar-refractivity contribution in [2.75, 3.05) is 12.9 Å². The van der Waals surface area contributed by atoms with Crippen molar-refractivity contribution in [3.05, 3.63) is 45.1 Å². The molecule has 7 heteroatoms. The van der Waals surface area contributed by atoms with Gasteiger partial charge in [-0.1, -0.05) is 23.9 Å². The molecule has 0 amide bonds. The van der Waals surface area contributed by atoms with Crippen molar-refractivity contribution in [2.45, 2.75) is 37.8 Å². The lowest BCUT2D eigenvalue weighted by Gasteiger charge is -2.16. The highest BCUT2D eigenvalue weighted by molar-refractivity contribution is 7.99. The number of benzene rings is 1. The second-order valence-electron chi connectivity index (χ2n) is 6.94. The van der Waals surface area contributed by atoms with Crippen LogP contribution in [0.4, 0.5) is 0 Å². The summed E-state index contributed by atoms with van der Waals surface area (Å²) in [5, 5.41) is 10.5. The van der Waals surface area contributed by atoms with E-state index in [1.165, 1.54) is 28.6 Å². The third-order valence-corrected chi connectivity index (χ3v) is 7.35. The lowest BCUT2D eigenvalue weighted by molar-refractivity contribution is 0.411. The lowest BCUT2D eigenvalue weighted by Crippen LogP contribution is -2.23. The first kappa shape index (κ1) is 19.0. The maximum Gasteiger partial charge on any atom is 0.267 e. The average molecular weight is 412 g/mol. The Balaban J connectivity index is 1.97. The summed E-state index contributed by atoms with van der Waals surface area (Å²) in [5.41, 5.74) is 1.82. The minimum atomic E-state index is -0.125. The Bertz CT molecular complexity index is 1130. The first-order valence-corrected chi connectivity index (χ1v) is 11.2. The molecule has 0 radical (unpaired) electrons. The minimum Gasteiger partial charge on any atom is -0.495 e. The number of para-hydroxylation sites is 2. The van der Waals surface area contributed by atoms with E-state index in [4.69, 9.17) is 15.0 Å². The van der Waals surface area contributed by atoms with Crippen LogP contribution in [0.15, 0.2) is 34.2 Å². The number of aromatic nitrogens is 2. The first-order chi connectivity index (χ1) is 13.6. The van der Waals surface area contributed by atoms with Gasteiger partial charge in [-0.25, -0.2) is 4.98 Å². The molecule has 1 aliphatic carbocycles. The van der Waals surface area contributed by atoms with E-state index in [-0.39, 0.29) is 11.5 Å². The molecular formula is C21H21N3O2S2. The maximum atomic E-state index is 13.7. The molecule has 1 aliphatic rings. The van der Waals surface area contributed by atoms with Crippen LogP contribution in [0.2, 0.25) is 0 Å². The number of hydrogen-bond acceptors (Lipinski definition) is 6. The van der Waals surface area contributed by atoms with Crippen LogP contribution in [0.25, 0.3) is 15.9 Å². The number of rotatable bonds is 5. The molecule has 4 rings (SSSR count). The number of aryl methyl sites for hydroxylation is 2. The number of ether oxygens (including phenoxy) is 1. The lowest BCUT2D eigenvalue weighted by atomic mass is 9.97. The molecule has 2 heterocycles. The Morgan fingerprint density at radius 1 is 1.36 bits per heavy atom. The number of thiophene rings is 1. The maximum absolute atomic E-state index is 13.7. The van der Waals surface area contributed by atoms with E-state index in [1.807, 2.05) is 31.2 Å². The molecule has 1 atom stereocenters. The topological polar surface area (TPSA) is 67.9 Å². The minimum absolute atomic E-state index is 0.0407. The Morgan fingerprint density at radius 3 is 2.93 bits per heavy atom. The third-order valence-electron chi connectivity index (χ3n) is 4.97. The Labute approximate surface area is 172 Å². The highest BCUT2D eigenvalue weighted by Crippen LogP contribution is 2.36. The van der Waals surface area contributed by atoms with Gasteiger partial charge in [-0.2, -0.15) is 5.26 Å². The van der Waals surface area contributed by atoms with Crippen LogP contribution < -0.4 is 10.3 Å². The van der Waals surface area contributed by atoms with Gasteiger partial charge in [-0.15, -0.1) is 11.3 Å². The number of methoxy groups -OCH3 is 1. The summed E-state index contributed by atoms with van der Waals surface area (Å²) in [6, 6.07) is 9.76. The van der Waals surface area contributed by atoms with Gasteiger partial charge in [0.05, 0.1) is 30.2 Å². The Morgan fingerprint density at radius 2 is 2.14 bits per heavy atom. The third kappa shape index (κ3) is 3.31. The fraction of sp³-hybridized carbons (Fsp3) is 0.381. The van der Waals surface area contributed by atoms with Gasteiger partial charge >= 0.3 is 0 Å². The smallest absolute Gasteiger partial charge is 0.267 e. The van der Waals surface area contributed by atoms with Gasteiger partial charge in [0.25, 0.3) is 5.56 Å². The normalized spacial score (nSPS) is 14.5. The predicted octanol–water partition coefficient (Wildman–Crippen LogP) is 4.59. The van der Waals surface area contributed by atoms with Crippen LogP contribution in [0, 0.1) is 17.2 Å². The summed E-state index contributed by atoms with van der Waals surface area (Å²) in [6.07, 6.45) is 4.25. The average Bonchev–Trinajstić information content (AvgIpc) is 3.10. The van der Waals surface area contributed by atoms with Crippen molar-refractivity contribution in [1.82, 2.24) is 9.55 Å². The molecule has 144 valence electrons. The van der Waals surface area contributed by atoms with Gasteiger partial charge in [0.15, 0.2) is 5.16 Å². The first-order valence-electron chi connectivity index (χ1n) is 9.37. The van der Waals surface area contributed by atoms with Gasteiger partial charge in [0.2, 0.25) is 0 Å². The zero-order chi connectivity index (χ0) is 19.7. The summed E-state index contributed by atoms with van der Waals surface area (Å²) in [4.78, 5) is 20.7. The van der Waals surface area contributed by atoms with Crippen molar-refractivity contribution < 1.29 is 4.74 Å². The zero-order valence-corrected chi connectivity index (χ0v) is 17.5. The fourth-order valence-corrected chi connectivity index (χ4v) is 5.80. The predicted molar refractivity (Wildman–Crippen MR) is 114 cm³/mol. The molecular weight excluding hydrogens is 390 g/mol. The van der Waals surface area contributed by atoms with Crippen LogP contribution in [0.3, 0.4) is 0 Å². The van der Waals surface area contributed by atoms with Gasteiger partial charge in [0.1, 0.15) is 10.6 Å². The van der Waals surface area contributed by atoms with E-state index >= 15 is 0 Å². The van der Waals surface area contributed by atoms with Gasteiger partial charge in [-0.3, -0.25) is 9.36 Å². The molecule has 5 nitrogen and oxygen atoms in total. The van der Waals surface area contributed by atoms with E-state index in [0.717, 1.165) is 29.5 Å². The highest BCUT2D eigenvalue weighted by atomic mass is 32.2. The molecule has 3 aromatic rings. The molecule has 2 aromatic heterocycles. The van der Waals surface area contributed by atoms with Crippen molar-refractivity contribution in [1.29, 1.82) is 5.26 Å². The van der Waals surface area contributed by atoms with Crippen LogP contribution in [-0.4, -0.2) is 22.4 Å². The van der Waals surface area contributed by atoms with Crippen molar-refractivity contribution in [2.24, 2.45) is 5.92 Å². The van der Waals surface area contributed by atoms with Crippen LogP contribution in [0.1, 0.15) is 30.2 Å². The van der Waals surface area contributed by atoms with Crippen molar-refractivity contribution in [3.63, 3.8) is 0 Å². The van der Waals surface area contributed by atoms with E-state index in [9.17, 15) is 4.79 Å². The summed E-state index contributed by atoms with van der Waals surface area (Å²) in [7, 11) is 1.60. The summed E-state index contributed by atoms with van der Waals surface area (Å²) >= 11 is 3.10. The van der Waals surface area contributed by atoms with Crippen LogP contribution in [-0.2, 0) is 12.8 Å². The Hall–Kier alpha value is -2.30. The molecule has 0 N–H and O–H groups in total. The van der Waals surface area contributed by atoms with E-state index < -0.39 is 0 Å². The number of nitriles is 1. The molecule has 0 unspecified atom stereocenters. The van der Waals surface area contributed by atoms with E-state index in [0.29, 0.717) is 22.3 Å². The number of nitrogens with zero attached hydrogens (tertiary/aromatic N) is 3. The molecule has 0 aliphatic heterocycles. The largest absolute Gasteiger partial charge is 0.495 e. The number of hydrogen-bond donors (Lipinski definition) is 0. The second-order valence-corrected chi connectivity index (χ2v) is 9.01. The summed E-state index contributed by atoms with van der Waals surface area (Å²) in [5.74, 6) is 1.08. The molecule has 0 bridgehead atoms. The van der Waals surface area contributed by atoms with Gasteiger partial charge in [0, 0.05) is 10.6 Å². The van der Waals surface area contributed by atoms with Gasteiger partial charge < -0.3 is 4.74 Å². The fourth-order valence-electron chi connectivity index (χ4n) is 3.55. The highest BCUT2D eigenvalue weighted by Gasteiger charge is 2.24. The Kier molecular flexibility index (Phi) is 5.42. The van der Waals surface area contributed by atoms with Crippen molar-refractivity contribution in [3.8, 4) is 17.5 Å². The van der Waals surface area contributed by atoms with Crippen LogP contribution in [0.5, 0.6) is 5.75 Å². The molecule has 0 fully saturated rings. The summed E-state index contributed by atoms with van der Waals surface area (Å²) in [6.45, 7) is 1.88. The molecule has 1 aromatic carbocycles. The standard InChI is InChI=1S/C21H21N3O2S2/c1-13(11-22)12-27-21-23-19-18(14-7-3-6-10-17(14)28-19)20(25)24(21)15-8-4-5-9-16(15)26-2/h4-5,8-9,13H,3,6-7,10,12H2,1-2H3/t13-/m0/s1.